The van der Waals surface area contributed by atoms with Crippen LogP contribution in [0.15, 0.2) is 35.9 Å². The van der Waals surface area contributed by atoms with Gasteiger partial charge >= 0.3 is 6.61 Å². The van der Waals surface area contributed by atoms with Crippen LogP contribution in [0, 0.1) is 0 Å². The molecule has 2 N–H and O–H groups in total. The van der Waals surface area contributed by atoms with Crippen LogP contribution in [0.25, 0.3) is 0 Å². The zero-order valence-corrected chi connectivity index (χ0v) is 15.4. The molecule has 144 valence electrons. The highest BCUT2D eigenvalue weighted by Gasteiger charge is 2.16. The maximum atomic E-state index is 12.2. The van der Waals surface area contributed by atoms with Gasteiger partial charge in [-0.25, -0.2) is 0 Å². The van der Waals surface area contributed by atoms with Crippen molar-refractivity contribution >= 4 is 5.91 Å². The van der Waals surface area contributed by atoms with Crippen molar-refractivity contribution in [3.05, 3.63) is 41.5 Å². The standard InChI is InChI=1S/C20H28F2N2O2/c1-14(17-8-10-18(11-9-17)26-20(21)22)24-15(2)19(25)23-13-12-16-6-4-3-5-7-16/h6,8-11,14-15,20,24H,3-5,7,12-13H2,1-2H3,(H,23,25). The topological polar surface area (TPSA) is 50.4 Å². The molecular weight excluding hydrogens is 338 g/mol. The van der Waals surface area contributed by atoms with Gasteiger partial charge < -0.3 is 10.1 Å². The molecule has 2 unspecified atom stereocenters. The molecule has 1 aliphatic carbocycles. The van der Waals surface area contributed by atoms with E-state index in [2.05, 4.69) is 21.4 Å². The van der Waals surface area contributed by atoms with Gasteiger partial charge in [0.1, 0.15) is 5.75 Å². The van der Waals surface area contributed by atoms with Crippen molar-refractivity contribution in [1.29, 1.82) is 0 Å². The summed E-state index contributed by atoms with van der Waals surface area (Å²) >= 11 is 0. The third kappa shape index (κ3) is 6.75. The highest BCUT2D eigenvalue weighted by atomic mass is 19.3. The third-order valence-electron chi connectivity index (χ3n) is 4.63. The largest absolute Gasteiger partial charge is 0.435 e. The summed E-state index contributed by atoms with van der Waals surface area (Å²) in [7, 11) is 0. The fourth-order valence-electron chi connectivity index (χ4n) is 3.12. The Morgan fingerprint density at radius 3 is 2.54 bits per heavy atom. The van der Waals surface area contributed by atoms with E-state index < -0.39 is 6.61 Å². The first kappa shape index (κ1) is 20.4. The van der Waals surface area contributed by atoms with Crippen LogP contribution in [-0.4, -0.2) is 25.1 Å². The smallest absolute Gasteiger partial charge is 0.387 e. The van der Waals surface area contributed by atoms with E-state index in [1.165, 1.54) is 30.5 Å². The fraction of sp³-hybridized carbons (Fsp3) is 0.550. The molecule has 1 aromatic carbocycles. The number of nitrogens with one attached hydrogen (secondary N) is 2. The Balaban J connectivity index is 1.75. The maximum Gasteiger partial charge on any atom is 0.387 e. The first-order valence-corrected chi connectivity index (χ1v) is 9.22. The lowest BCUT2D eigenvalue weighted by atomic mass is 9.97. The van der Waals surface area contributed by atoms with Gasteiger partial charge in [0.25, 0.3) is 0 Å². The SMILES string of the molecule is CC(NC(C)c1ccc(OC(F)F)cc1)C(=O)NCCC1=CCCCC1. The summed E-state index contributed by atoms with van der Waals surface area (Å²) in [6.45, 7) is 1.58. The van der Waals surface area contributed by atoms with Gasteiger partial charge in [-0.3, -0.25) is 10.1 Å². The number of halogens is 2. The zero-order valence-electron chi connectivity index (χ0n) is 15.4. The minimum atomic E-state index is -2.83. The molecule has 1 amide bonds. The number of hydrogen-bond donors (Lipinski definition) is 2. The molecular formula is C20H28F2N2O2. The van der Waals surface area contributed by atoms with Crippen LogP contribution in [0.5, 0.6) is 5.75 Å². The second kappa shape index (κ2) is 10.3. The maximum absolute atomic E-state index is 12.2. The minimum absolute atomic E-state index is 0.0362. The number of ether oxygens (including phenoxy) is 1. The van der Waals surface area contributed by atoms with Gasteiger partial charge in [0.05, 0.1) is 6.04 Å². The van der Waals surface area contributed by atoms with Gasteiger partial charge in [-0.05, 0) is 63.6 Å². The zero-order chi connectivity index (χ0) is 18.9. The van der Waals surface area contributed by atoms with Crippen molar-refractivity contribution in [3.63, 3.8) is 0 Å². The van der Waals surface area contributed by atoms with Gasteiger partial charge in [-0.15, -0.1) is 0 Å². The molecule has 1 aromatic rings. The van der Waals surface area contributed by atoms with Crippen molar-refractivity contribution in [3.8, 4) is 5.75 Å². The molecule has 0 spiro atoms. The lowest BCUT2D eigenvalue weighted by molar-refractivity contribution is -0.122. The van der Waals surface area contributed by atoms with Gasteiger partial charge in [-0.2, -0.15) is 8.78 Å². The third-order valence-corrected chi connectivity index (χ3v) is 4.63. The van der Waals surface area contributed by atoms with Crippen molar-refractivity contribution in [2.24, 2.45) is 0 Å². The Kier molecular flexibility index (Phi) is 8.04. The summed E-state index contributed by atoms with van der Waals surface area (Å²) in [4.78, 5) is 12.2. The molecule has 0 radical (unpaired) electrons. The minimum Gasteiger partial charge on any atom is -0.435 e. The average molecular weight is 366 g/mol. The molecule has 2 rings (SSSR count). The molecule has 6 heteroatoms. The Bertz CT molecular complexity index is 602. The summed E-state index contributed by atoms with van der Waals surface area (Å²) in [5, 5.41) is 6.20. The second-order valence-electron chi connectivity index (χ2n) is 6.71. The summed E-state index contributed by atoms with van der Waals surface area (Å²) in [6.07, 6.45) is 8.02. The normalized spacial score (nSPS) is 16.7. The Labute approximate surface area is 154 Å². The van der Waals surface area contributed by atoms with Gasteiger partial charge in [-0.1, -0.05) is 23.8 Å². The van der Waals surface area contributed by atoms with Crippen LogP contribution in [0.4, 0.5) is 8.78 Å². The van der Waals surface area contributed by atoms with E-state index in [4.69, 9.17) is 0 Å². The summed E-state index contributed by atoms with van der Waals surface area (Å²) in [5.74, 6) is 0.0877. The number of alkyl halides is 2. The Morgan fingerprint density at radius 2 is 1.92 bits per heavy atom. The molecule has 0 aromatic heterocycles. The van der Waals surface area contributed by atoms with Gasteiger partial charge in [0.2, 0.25) is 5.91 Å². The molecule has 1 aliphatic rings. The van der Waals surface area contributed by atoms with Crippen LogP contribution in [-0.2, 0) is 4.79 Å². The van der Waals surface area contributed by atoms with E-state index in [9.17, 15) is 13.6 Å². The van der Waals surface area contributed by atoms with Gasteiger partial charge in [0, 0.05) is 12.6 Å². The monoisotopic (exact) mass is 366 g/mol. The molecule has 2 atom stereocenters. The predicted octanol–water partition coefficient (Wildman–Crippen LogP) is 4.33. The fourth-order valence-corrected chi connectivity index (χ4v) is 3.12. The van der Waals surface area contributed by atoms with E-state index in [0.29, 0.717) is 6.54 Å². The first-order valence-electron chi connectivity index (χ1n) is 9.22. The molecule has 0 saturated carbocycles. The molecule has 0 bridgehead atoms. The number of amides is 1. The van der Waals surface area contributed by atoms with E-state index in [1.807, 2.05) is 13.8 Å². The number of benzene rings is 1. The van der Waals surface area contributed by atoms with Crippen LogP contribution >= 0.6 is 0 Å². The van der Waals surface area contributed by atoms with Crippen molar-refractivity contribution in [1.82, 2.24) is 10.6 Å². The van der Waals surface area contributed by atoms with E-state index in [-0.39, 0.29) is 23.7 Å². The summed E-state index contributed by atoms with van der Waals surface area (Å²) in [6, 6.07) is 6.01. The highest BCUT2D eigenvalue weighted by molar-refractivity contribution is 5.81. The van der Waals surface area contributed by atoms with E-state index in [0.717, 1.165) is 24.8 Å². The summed E-state index contributed by atoms with van der Waals surface area (Å²) in [5.41, 5.74) is 2.34. The number of carbonyl (C=O) groups excluding carboxylic acids is 1. The van der Waals surface area contributed by atoms with E-state index in [1.54, 1.807) is 12.1 Å². The molecule has 0 heterocycles. The number of allylic oxidation sites excluding steroid dienone is 1. The van der Waals surface area contributed by atoms with Crippen molar-refractivity contribution in [2.45, 2.75) is 64.6 Å². The quantitative estimate of drug-likeness (QED) is 0.640. The lowest BCUT2D eigenvalue weighted by Gasteiger charge is -2.20. The first-order chi connectivity index (χ1) is 12.5. The number of carbonyl (C=O) groups is 1. The predicted molar refractivity (Wildman–Crippen MR) is 98.3 cm³/mol. The van der Waals surface area contributed by atoms with Gasteiger partial charge in [0.15, 0.2) is 0 Å². The molecule has 0 fully saturated rings. The number of rotatable bonds is 9. The molecule has 4 nitrogen and oxygen atoms in total. The Hall–Kier alpha value is -1.95. The number of hydrogen-bond acceptors (Lipinski definition) is 3. The Morgan fingerprint density at radius 1 is 1.19 bits per heavy atom. The highest BCUT2D eigenvalue weighted by Crippen LogP contribution is 2.20. The van der Waals surface area contributed by atoms with Crippen LogP contribution in [0.1, 0.15) is 57.6 Å². The van der Waals surface area contributed by atoms with E-state index >= 15 is 0 Å². The lowest BCUT2D eigenvalue weighted by Crippen LogP contribution is -2.43. The van der Waals surface area contributed by atoms with Crippen LogP contribution in [0.2, 0.25) is 0 Å². The summed E-state index contributed by atoms with van der Waals surface area (Å²) < 4.78 is 28.7. The van der Waals surface area contributed by atoms with Crippen LogP contribution in [0.3, 0.4) is 0 Å². The van der Waals surface area contributed by atoms with Crippen molar-refractivity contribution < 1.29 is 18.3 Å². The van der Waals surface area contributed by atoms with Crippen LogP contribution < -0.4 is 15.4 Å². The second-order valence-corrected chi connectivity index (χ2v) is 6.71. The van der Waals surface area contributed by atoms with Crippen molar-refractivity contribution in [2.75, 3.05) is 6.54 Å². The molecule has 0 aliphatic heterocycles. The molecule has 26 heavy (non-hydrogen) atoms. The average Bonchev–Trinajstić information content (AvgIpc) is 2.62. The molecule has 0 saturated heterocycles.